The van der Waals surface area contributed by atoms with Crippen molar-refractivity contribution in [2.75, 3.05) is 24.7 Å². The van der Waals surface area contributed by atoms with Crippen LogP contribution in [0.1, 0.15) is 25.3 Å². The molecular formula is C13H16NO2Y-. The van der Waals surface area contributed by atoms with E-state index in [4.69, 9.17) is 4.74 Å². The number of morpholine rings is 1. The normalized spacial score (nSPS) is 15.9. The topological polar surface area (TPSA) is 29.5 Å². The Morgan fingerprint density at radius 3 is 2.71 bits per heavy atom. The van der Waals surface area contributed by atoms with Gasteiger partial charge in [0.05, 0.1) is 6.61 Å². The van der Waals surface area contributed by atoms with Crippen molar-refractivity contribution in [3.63, 3.8) is 0 Å². The molecule has 1 saturated heterocycles. The summed E-state index contributed by atoms with van der Waals surface area (Å²) < 4.78 is 5.09. The largest absolute Gasteiger partial charge is 0.370 e. The van der Waals surface area contributed by atoms with Gasteiger partial charge in [0.15, 0.2) is 0 Å². The van der Waals surface area contributed by atoms with Gasteiger partial charge < -0.3 is 9.64 Å². The second-order valence-electron chi connectivity index (χ2n) is 4.25. The van der Waals surface area contributed by atoms with Crippen molar-refractivity contribution in [3.05, 3.63) is 29.8 Å². The Labute approximate surface area is 127 Å². The summed E-state index contributed by atoms with van der Waals surface area (Å²) in [6.07, 6.45) is 0. The Hall–Kier alpha value is -0.246. The van der Waals surface area contributed by atoms with E-state index in [0.29, 0.717) is 19.1 Å². The molecule has 3 nitrogen and oxygen atoms in total. The van der Waals surface area contributed by atoms with Gasteiger partial charge in [-0.3, -0.25) is 4.79 Å². The molecule has 89 valence electrons. The smallest absolute Gasteiger partial charge is 0.242 e. The zero-order valence-electron chi connectivity index (χ0n) is 10.3. The van der Waals surface area contributed by atoms with Crippen LogP contribution in [0.2, 0.25) is 0 Å². The van der Waals surface area contributed by atoms with Crippen molar-refractivity contribution in [2.45, 2.75) is 19.8 Å². The molecular weight excluding hydrogens is 291 g/mol. The third-order valence-electron chi connectivity index (χ3n) is 2.74. The van der Waals surface area contributed by atoms with Gasteiger partial charge in [-0.2, -0.15) is 23.8 Å². The molecule has 0 saturated carbocycles. The van der Waals surface area contributed by atoms with Crippen molar-refractivity contribution in [3.8, 4) is 0 Å². The number of benzene rings is 1. The van der Waals surface area contributed by atoms with Gasteiger partial charge in [0.1, 0.15) is 6.61 Å². The summed E-state index contributed by atoms with van der Waals surface area (Å²) in [5, 5.41) is 0. The summed E-state index contributed by atoms with van der Waals surface area (Å²) in [6.45, 7) is 5.69. The molecule has 1 aliphatic heterocycles. The summed E-state index contributed by atoms with van der Waals surface area (Å²) in [5.41, 5.74) is 2.09. The maximum atomic E-state index is 11.6. The van der Waals surface area contributed by atoms with Gasteiger partial charge in [0, 0.05) is 39.3 Å². The van der Waals surface area contributed by atoms with Gasteiger partial charge in [-0.05, 0) is 5.92 Å². The van der Waals surface area contributed by atoms with Crippen LogP contribution >= 0.6 is 0 Å². The molecule has 1 heterocycles. The fourth-order valence-corrected chi connectivity index (χ4v) is 1.75. The summed E-state index contributed by atoms with van der Waals surface area (Å²) in [6, 6.07) is 9.12. The number of hydrogen-bond donors (Lipinski definition) is 0. The van der Waals surface area contributed by atoms with E-state index < -0.39 is 0 Å². The van der Waals surface area contributed by atoms with Crippen LogP contribution in [0, 0.1) is 6.07 Å². The van der Waals surface area contributed by atoms with Crippen LogP contribution in [0.5, 0.6) is 0 Å². The molecule has 0 spiro atoms. The van der Waals surface area contributed by atoms with Crippen LogP contribution in [-0.4, -0.2) is 25.7 Å². The number of carbonyl (C=O) groups excluding carboxylic acids is 1. The number of ether oxygens (including phenoxy) is 1. The molecule has 1 radical (unpaired) electrons. The summed E-state index contributed by atoms with van der Waals surface area (Å²) in [5.74, 6) is 0.492. The SMILES string of the molecule is CC(C)c1[c-]cc(N2CCOCC2=O)cc1.[Y]. The fourth-order valence-electron chi connectivity index (χ4n) is 1.75. The number of carbonyl (C=O) groups is 1. The number of anilines is 1. The molecule has 0 atom stereocenters. The van der Waals surface area contributed by atoms with Crippen LogP contribution in [0.3, 0.4) is 0 Å². The van der Waals surface area contributed by atoms with Crippen molar-refractivity contribution in [1.82, 2.24) is 0 Å². The predicted molar refractivity (Wildman–Crippen MR) is 62.5 cm³/mol. The first-order valence-corrected chi connectivity index (χ1v) is 5.58. The van der Waals surface area contributed by atoms with Crippen LogP contribution in [-0.2, 0) is 42.2 Å². The van der Waals surface area contributed by atoms with E-state index in [9.17, 15) is 4.79 Å². The van der Waals surface area contributed by atoms with Gasteiger partial charge in [0.25, 0.3) is 0 Å². The first kappa shape index (κ1) is 14.8. The number of nitrogens with zero attached hydrogens (tertiary/aromatic N) is 1. The van der Waals surface area contributed by atoms with E-state index in [1.165, 1.54) is 5.56 Å². The van der Waals surface area contributed by atoms with Gasteiger partial charge in [-0.25, -0.2) is 0 Å². The molecule has 0 unspecified atom stereocenters. The molecule has 4 heteroatoms. The molecule has 0 bridgehead atoms. The summed E-state index contributed by atoms with van der Waals surface area (Å²) >= 11 is 0. The number of rotatable bonds is 2. The zero-order chi connectivity index (χ0) is 11.5. The maximum Gasteiger partial charge on any atom is 0.242 e. The van der Waals surface area contributed by atoms with Crippen molar-refractivity contribution >= 4 is 11.6 Å². The van der Waals surface area contributed by atoms with E-state index in [-0.39, 0.29) is 45.2 Å². The summed E-state index contributed by atoms with van der Waals surface area (Å²) in [7, 11) is 0. The first-order chi connectivity index (χ1) is 7.68. The third-order valence-corrected chi connectivity index (χ3v) is 2.74. The molecule has 1 aromatic carbocycles. The molecule has 2 rings (SSSR count). The minimum Gasteiger partial charge on any atom is -0.370 e. The average Bonchev–Trinajstić information content (AvgIpc) is 2.30. The average molecular weight is 307 g/mol. The predicted octanol–water partition coefficient (Wildman–Crippen LogP) is 1.97. The molecule has 0 aromatic heterocycles. The number of hydrogen-bond acceptors (Lipinski definition) is 2. The van der Waals surface area contributed by atoms with Gasteiger partial charge in [-0.1, -0.05) is 19.5 Å². The van der Waals surface area contributed by atoms with Crippen molar-refractivity contribution in [1.29, 1.82) is 0 Å². The van der Waals surface area contributed by atoms with E-state index in [1.54, 1.807) is 4.90 Å². The van der Waals surface area contributed by atoms with Crippen molar-refractivity contribution in [2.24, 2.45) is 0 Å². The fraction of sp³-hybridized carbons (Fsp3) is 0.462. The second kappa shape index (κ2) is 6.62. The van der Waals surface area contributed by atoms with Crippen molar-refractivity contribution < 1.29 is 42.2 Å². The molecule has 17 heavy (non-hydrogen) atoms. The van der Waals surface area contributed by atoms with E-state index in [0.717, 1.165) is 5.69 Å². The first-order valence-electron chi connectivity index (χ1n) is 5.58. The van der Waals surface area contributed by atoms with E-state index in [1.807, 2.05) is 18.2 Å². The molecule has 0 aliphatic carbocycles. The van der Waals surface area contributed by atoms with Gasteiger partial charge in [-0.15, -0.1) is 6.07 Å². The van der Waals surface area contributed by atoms with Crippen LogP contribution in [0.25, 0.3) is 0 Å². The standard InChI is InChI=1S/C13H16NO2.Y/c1-10(2)11-3-5-12(6-4-11)14-7-8-16-9-13(14)15;/h3,5-6,10H,7-9H2,1-2H3;/q-1;. The molecule has 1 aliphatic rings. The quantitative estimate of drug-likeness (QED) is 0.782. The van der Waals surface area contributed by atoms with Gasteiger partial charge >= 0.3 is 0 Å². The Morgan fingerprint density at radius 1 is 1.41 bits per heavy atom. The Balaban J connectivity index is 0.00000144. The van der Waals surface area contributed by atoms with Crippen LogP contribution in [0.15, 0.2) is 18.2 Å². The molecule has 1 aromatic rings. The third kappa shape index (κ3) is 3.60. The minimum atomic E-state index is 0. The minimum absolute atomic E-state index is 0. The van der Waals surface area contributed by atoms with E-state index >= 15 is 0 Å². The van der Waals surface area contributed by atoms with Gasteiger partial charge in [0.2, 0.25) is 5.91 Å². The van der Waals surface area contributed by atoms with Crippen LogP contribution < -0.4 is 4.90 Å². The monoisotopic (exact) mass is 307 g/mol. The summed E-state index contributed by atoms with van der Waals surface area (Å²) in [4.78, 5) is 13.4. The molecule has 1 fully saturated rings. The Kier molecular flexibility index (Phi) is 5.77. The molecule has 1 amide bonds. The van der Waals surface area contributed by atoms with E-state index in [2.05, 4.69) is 19.9 Å². The Morgan fingerprint density at radius 2 is 2.18 bits per heavy atom. The zero-order valence-corrected chi connectivity index (χ0v) is 13.1. The second-order valence-corrected chi connectivity index (χ2v) is 4.25. The van der Waals surface area contributed by atoms with Crippen LogP contribution in [0.4, 0.5) is 5.69 Å². The Bertz CT molecular complexity index is 376. The number of amides is 1. The maximum absolute atomic E-state index is 11.6. The molecule has 0 N–H and O–H groups in total.